The highest BCUT2D eigenvalue weighted by molar-refractivity contribution is 5.87. The van der Waals surface area contributed by atoms with Crippen molar-refractivity contribution in [3.63, 3.8) is 0 Å². The van der Waals surface area contributed by atoms with Crippen LogP contribution >= 0.6 is 0 Å². The molecule has 28 heavy (non-hydrogen) atoms. The lowest BCUT2D eigenvalue weighted by Gasteiger charge is -2.50. The number of nitrogens with two attached hydrogens (primary N) is 1. The highest BCUT2D eigenvalue weighted by Crippen LogP contribution is 2.43. The van der Waals surface area contributed by atoms with E-state index in [0.29, 0.717) is 0 Å². The number of piperazine rings is 1. The summed E-state index contributed by atoms with van der Waals surface area (Å²) in [6.45, 7) is 6.00. The van der Waals surface area contributed by atoms with Gasteiger partial charge < -0.3 is 16.2 Å². The molecular weight excluding hydrogens is 350 g/mol. The minimum absolute atomic E-state index is 0.248. The van der Waals surface area contributed by atoms with E-state index in [2.05, 4.69) is 41.4 Å². The Morgan fingerprint density at radius 3 is 2.36 bits per heavy atom. The monoisotopic (exact) mass is 381 g/mol. The fourth-order valence-electron chi connectivity index (χ4n) is 4.36. The van der Waals surface area contributed by atoms with Gasteiger partial charge in [0.1, 0.15) is 0 Å². The van der Waals surface area contributed by atoms with Crippen LogP contribution in [0.25, 0.3) is 0 Å². The molecule has 1 heterocycles. The van der Waals surface area contributed by atoms with Gasteiger partial charge in [0, 0.05) is 26.2 Å². The number of aromatic carboxylic acids is 1. The van der Waals surface area contributed by atoms with Gasteiger partial charge in [0.15, 0.2) is 0 Å². The summed E-state index contributed by atoms with van der Waals surface area (Å²) >= 11 is 0. The predicted octanol–water partition coefficient (Wildman–Crippen LogP) is 3.38. The lowest BCUT2D eigenvalue weighted by Crippen LogP contribution is -2.58. The van der Waals surface area contributed by atoms with Gasteiger partial charge in [0.2, 0.25) is 0 Å². The van der Waals surface area contributed by atoms with Crippen molar-refractivity contribution in [3.05, 3.63) is 71.3 Å². The Balaban J connectivity index is 2.08. The van der Waals surface area contributed by atoms with Crippen molar-refractivity contribution < 1.29 is 9.90 Å². The topological polar surface area (TPSA) is 78.6 Å². The molecule has 1 fully saturated rings. The maximum Gasteiger partial charge on any atom is 0.335 e. The Bertz CT molecular complexity index is 757. The van der Waals surface area contributed by atoms with E-state index in [1.54, 1.807) is 12.1 Å². The third-order valence-corrected chi connectivity index (χ3v) is 5.90. The quantitative estimate of drug-likeness (QED) is 0.653. The maximum absolute atomic E-state index is 11.2. The van der Waals surface area contributed by atoms with Crippen molar-refractivity contribution in [1.29, 1.82) is 0 Å². The molecule has 150 valence electrons. The van der Waals surface area contributed by atoms with Gasteiger partial charge >= 0.3 is 5.97 Å². The normalized spacial score (nSPS) is 18.4. The highest BCUT2D eigenvalue weighted by atomic mass is 16.4. The number of carbonyl (C=O) groups is 1. The van der Waals surface area contributed by atoms with Crippen LogP contribution < -0.4 is 11.1 Å². The molecule has 3 rings (SSSR count). The van der Waals surface area contributed by atoms with Gasteiger partial charge in [0.25, 0.3) is 0 Å². The molecule has 1 aliphatic rings. The van der Waals surface area contributed by atoms with Crippen LogP contribution in [0.4, 0.5) is 0 Å². The van der Waals surface area contributed by atoms with Crippen LogP contribution in [-0.4, -0.2) is 42.2 Å². The molecule has 2 aromatic carbocycles. The van der Waals surface area contributed by atoms with Gasteiger partial charge in [-0.15, -0.1) is 0 Å². The van der Waals surface area contributed by atoms with Crippen LogP contribution in [-0.2, 0) is 5.54 Å². The first-order chi connectivity index (χ1) is 13.6. The fourth-order valence-corrected chi connectivity index (χ4v) is 4.36. The van der Waals surface area contributed by atoms with Crippen molar-refractivity contribution in [2.45, 2.75) is 37.8 Å². The van der Waals surface area contributed by atoms with Crippen LogP contribution in [0.5, 0.6) is 0 Å². The molecule has 2 aromatic rings. The summed E-state index contributed by atoms with van der Waals surface area (Å²) < 4.78 is 0. The van der Waals surface area contributed by atoms with Gasteiger partial charge in [-0.2, -0.15) is 0 Å². The number of hydrogen-bond donors (Lipinski definition) is 3. The number of benzene rings is 2. The summed E-state index contributed by atoms with van der Waals surface area (Å²) in [5.74, 6) is -0.914. The maximum atomic E-state index is 11.2. The Morgan fingerprint density at radius 1 is 1.14 bits per heavy atom. The van der Waals surface area contributed by atoms with Crippen LogP contribution in [0.2, 0.25) is 0 Å². The standard InChI is InChI=1S/C23H31N3O2/c1-2-3-13-23(20-7-5-4-6-8-20,26-16-14-25-15-17-26)21(24)18-9-11-19(12-10-18)22(27)28/h4-12,21,25H,2-3,13-17,24H2,1H3,(H,27,28). The van der Waals surface area contributed by atoms with Crippen molar-refractivity contribution in [2.24, 2.45) is 5.73 Å². The molecular formula is C23H31N3O2. The molecule has 0 radical (unpaired) electrons. The molecule has 0 spiro atoms. The second kappa shape index (κ2) is 9.32. The number of nitrogens with zero attached hydrogens (tertiary/aromatic N) is 1. The predicted molar refractivity (Wildman–Crippen MR) is 112 cm³/mol. The van der Waals surface area contributed by atoms with Crippen LogP contribution in [0.15, 0.2) is 54.6 Å². The molecule has 0 saturated carbocycles. The second-order valence-electron chi connectivity index (χ2n) is 7.54. The van der Waals surface area contributed by atoms with E-state index >= 15 is 0 Å². The Kier molecular flexibility index (Phi) is 6.83. The van der Waals surface area contributed by atoms with Crippen molar-refractivity contribution in [3.8, 4) is 0 Å². The average molecular weight is 382 g/mol. The zero-order valence-electron chi connectivity index (χ0n) is 16.6. The van der Waals surface area contributed by atoms with Gasteiger partial charge in [-0.25, -0.2) is 4.79 Å². The number of unbranched alkanes of at least 4 members (excludes halogenated alkanes) is 1. The molecule has 1 aliphatic heterocycles. The first-order valence-electron chi connectivity index (χ1n) is 10.2. The third-order valence-electron chi connectivity index (χ3n) is 5.90. The van der Waals surface area contributed by atoms with E-state index in [9.17, 15) is 9.90 Å². The summed E-state index contributed by atoms with van der Waals surface area (Å²) in [6.07, 6.45) is 3.15. The number of carboxylic acid groups (broad SMARTS) is 1. The van der Waals surface area contributed by atoms with Gasteiger partial charge in [-0.05, 0) is 29.7 Å². The summed E-state index contributed by atoms with van der Waals surface area (Å²) in [7, 11) is 0. The second-order valence-corrected chi connectivity index (χ2v) is 7.54. The molecule has 0 amide bonds. The summed E-state index contributed by atoms with van der Waals surface area (Å²) in [4.78, 5) is 13.8. The van der Waals surface area contributed by atoms with Crippen molar-refractivity contribution in [1.82, 2.24) is 10.2 Å². The molecule has 0 aliphatic carbocycles. The van der Waals surface area contributed by atoms with E-state index in [-0.39, 0.29) is 17.1 Å². The minimum Gasteiger partial charge on any atom is -0.478 e. The van der Waals surface area contributed by atoms with E-state index in [1.807, 2.05) is 18.2 Å². The van der Waals surface area contributed by atoms with Crippen molar-refractivity contribution >= 4 is 5.97 Å². The summed E-state index contributed by atoms with van der Waals surface area (Å²) in [6, 6.07) is 17.4. The lowest BCUT2D eigenvalue weighted by molar-refractivity contribution is 0.0357. The van der Waals surface area contributed by atoms with Crippen LogP contribution in [0.1, 0.15) is 53.7 Å². The Morgan fingerprint density at radius 2 is 1.79 bits per heavy atom. The van der Waals surface area contributed by atoms with E-state index < -0.39 is 5.97 Å². The third kappa shape index (κ3) is 4.12. The molecule has 2 atom stereocenters. The summed E-state index contributed by atoms with van der Waals surface area (Å²) in [5, 5.41) is 12.7. The van der Waals surface area contributed by atoms with E-state index in [1.165, 1.54) is 5.56 Å². The average Bonchev–Trinajstić information content (AvgIpc) is 2.75. The highest BCUT2D eigenvalue weighted by Gasteiger charge is 2.44. The zero-order valence-corrected chi connectivity index (χ0v) is 16.6. The molecule has 5 heteroatoms. The molecule has 2 unspecified atom stereocenters. The van der Waals surface area contributed by atoms with Crippen LogP contribution in [0.3, 0.4) is 0 Å². The number of hydrogen-bond acceptors (Lipinski definition) is 4. The molecule has 0 aromatic heterocycles. The first-order valence-corrected chi connectivity index (χ1v) is 10.2. The van der Waals surface area contributed by atoms with Gasteiger partial charge in [-0.3, -0.25) is 4.90 Å². The lowest BCUT2D eigenvalue weighted by atomic mass is 9.74. The summed E-state index contributed by atoms with van der Waals surface area (Å²) in [5.41, 5.74) is 9.18. The largest absolute Gasteiger partial charge is 0.478 e. The van der Waals surface area contributed by atoms with E-state index in [0.717, 1.165) is 51.0 Å². The molecule has 4 N–H and O–H groups in total. The number of nitrogens with one attached hydrogen (secondary N) is 1. The molecule has 5 nitrogen and oxygen atoms in total. The van der Waals surface area contributed by atoms with Gasteiger partial charge in [0.05, 0.1) is 17.1 Å². The smallest absolute Gasteiger partial charge is 0.335 e. The Hall–Kier alpha value is -2.21. The van der Waals surface area contributed by atoms with Gasteiger partial charge in [-0.1, -0.05) is 62.2 Å². The number of carboxylic acids is 1. The number of rotatable bonds is 8. The van der Waals surface area contributed by atoms with Crippen LogP contribution in [0, 0.1) is 0 Å². The Labute approximate surface area is 167 Å². The fraction of sp³-hybridized carbons (Fsp3) is 0.435. The molecule has 0 bridgehead atoms. The first kappa shape index (κ1) is 20.5. The zero-order chi connectivity index (χ0) is 20.0. The molecule has 1 saturated heterocycles. The van der Waals surface area contributed by atoms with Crippen molar-refractivity contribution in [2.75, 3.05) is 26.2 Å². The minimum atomic E-state index is -0.914. The van der Waals surface area contributed by atoms with E-state index in [4.69, 9.17) is 5.73 Å². The SMILES string of the molecule is CCCCC(c1ccccc1)(C(N)c1ccc(C(=O)O)cc1)N1CCNCC1.